The molecule has 0 spiro atoms. The van der Waals surface area contributed by atoms with E-state index in [1.165, 1.54) is 17.1 Å². The van der Waals surface area contributed by atoms with Crippen LogP contribution in [0.2, 0.25) is 0 Å². The van der Waals surface area contributed by atoms with Crippen molar-refractivity contribution in [3.63, 3.8) is 0 Å². The second kappa shape index (κ2) is 5.71. The molecule has 1 aromatic carbocycles. The first kappa shape index (κ1) is 15.0. The predicted octanol–water partition coefficient (Wildman–Crippen LogP) is 2.28. The minimum Gasteiger partial charge on any atom is -0.310 e. The Labute approximate surface area is 127 Å². The van der Waals surface area contributed by atoms with E-state index in [1.54, 1.807) is 13.1 Å². The van der Waals surface area contributed by atoms with Crippen molar-refractivity contribution in [1.82, 2.24) is 9.62 Å². The van der Waals surface area contributed by atoms with Gasteiger partial charge in [0.05, 0.1) is 4.90 Å². The lowest BCUT2D eigenvalue weighted by atomic mass is 10.1. The van der Waals surface area contributed by atoms with Crippen LogP contribution >= 0.6 is 0 Å². The van der Waals surface area contributed by atoms with Crippen molar-refractivity contribution in [1.29, 1.82) is 0 Å². The molecule has 1 N–H and O–H groups in total. The van der Waals surface area contributed by atoms with E-state index in [4.69, 9.17) is 0 Å². The maximum Gasteiger partial charge on any atom is 0.243 e. The van der Waals surface area contributed by atoms with Crippen LogP contribution < -0.4 is 5.32 Å². The van der Waals surface area contributed by atoms with Gasteiger partial charge in [-0.1, -0.05) is 12.1 Å². The van der Waals surface area contributed by atoms with Crippen molar-refractivity contribution < 1.29 is 8.42 Å². The third kappa shape index (κ3) is 3.47. The van der Waals surface area contributed by atoms with Crippen LogP contribution in [0.25, 0.3) is 0 Å². The molecule has 2 aliphatic rings. The largest absolute Gasteiger partial charge is 0.310 e. The van der Waals surface area contributed by atoms with E-state index in [-0.39, 0.29) is 0 Å². The van der Waals surface area contributed by atoms with E-state index in [2.05, 4.69) is 5.32 Å². The number of rotatable bonds is 7. The maximum atomic E-state index is 12.7. The van der Waals surface area contributed by atoms with Crippen LogP contribution in [-0.4, -0.2) is 32.4 Å². The molecule has 0 unspecified atom stereocenters. The van der Waals surface area contributed by atoms with Gasteiger partial charge in [-0.25, -0.2) is 12.7 Å². The zero-order chi connectivity index (χ0) is 15.0. The van der Waals surface area contributed by atoms with Crippen LogP contribution in [-0.2, 0) is 16.6 Å². The van der Waals surface area contributed by atoms with Crippen molar-refractivity contribution in [2.75, 3.05) is 13.6 Å². The molecule has 2 aliphatic carbocycles. The topological polar surface area (TPSA) is 49.4 Å². The molecular weight excluding hydrogens is 284 g/mol. The summed E-state index contributed by atoms with van der Waals surface area (Å²) in [4.78, 5) is 0.459. The summed E-state index contributed by atoms with van der Waals surface area (Å²) < 4.78 is 27.0. The summed E-state index contributed by atoms with van der Waals surface area (Å²) in [5.41, 5.74) is 1.97. The summed E-state index contributed by atoms with van der Waals surface area (Å²) in [5, 5.41) is 3.46. The minimum atomic E-state index is -3.36. The first-order valence-corrected chi connectivity index (χ1v) is 9.20. The van der Waals surface area contributed by atoms with Gasteiger partial charge in [0.15, 0.2) is 0 Å². The molecule has 0 aliphatic heterocycles. The van der Waals surface area contributed by atoms with Gasteiger partial charge in [-0.3, -0.25) is 0 Å². The molecule has 116 valence electrons. The molecular formula is C16H24N2O2S. The van der Waals surface area contributed by atoms with Gasteiger partial charge in [-0.2, -0.15) is 0 Å². The second-order valence-corrected chi connectivity index (χ2v) is 8.44. The highest BCUT2D eigenvalue weighted by Crippen LogP contribution is 2.31. The quantitative estimate of drug-likeness (QED) is 0.841. The average Bonchev–Trinajstić information content (AvgIpc) is 3.32. The lowest BCUT2D eigenvalue weighted by Crippen LogP contribution is -2.29. The number of nitrogens with zero attached hydrogens (tertiary/aromatic N) is 1. The SMILES string of the molecule is Cc1c(CNC2CC2)cccc1S(=O)(=O)N(C)CC1CC1. The molecule has 0 saturated heterocycles. The summed E-state index contributed by atoms with van der Waals surface area (Å²) in [6.45, 7) is 3.32. The fourth-order valence-electron chi connectivity index (χ4n) is 2.60. The van der Waals surface area contributed by atoms with Gasteiger partial charge >= 0.3 is 0 Å². The number of benzene rings is 1. The van der Waals surface area contributed by atoms with E-state index in [0.717, 1.165) is 30.5 Å². The molecule has 0 atom stereocenters. The molecule has 3 rings (SSSR count). The first-order valence-electron chi connectivity index (χ1n) is 7.76. The van der Waals surface area contributed by atoms with Gasteiger partial charge in [-0.05, 0) is 55.7 Å². The van der Waals surface area contributed by atoms with Gasteiger partial charge in [0.2, 0.25) is 10.0 Å². The lowest BCUT2D eigenvalue weighted by Gasteiger charge is -2.19. The Hall–Kier alpha value is -0.910. The molecule has 21 heavy (non-hydrogen) atoms. The van der Waals surface area contributed by atoms with E-state index in [1.807, 2.05) is 19.1 Å². The van der Waals surface area contributed by atoms with Crippen molar-refractivity contribution in [3.8, 4) is 0 Å². The van der Waals surface area contributed by atoms with Crippen molar-refractivity contribution in [3.05, 3.63) is 29.3 Å². The van der Waals surface area contributed by atoms with E-state index in [0.29, 0.717) is 23.4 Å². The van der Waals surface area contributed by atoms with Crippen molar-refractivity contribution in [2.24, 2.45) is 5.92 Å². The Bertz CT molecular complexity index is 619. The van der Waals surface area contributed by atoms with Gasteiger partial charge in [0, 0.05) is 26.2 Å². The van der Waals surface area contributed by atoms with Crippen LogP contribution in [0.15, 0.2) is 23.1 Å². The highest BCUT2D eigenvalue weighted by molar-refractivity contribution is 7.89. The Kier molecular flexibility index (Phi) is 4.08. The summed E-state index contributed by atoms with van der Waals surface area (Å²) in [6, 6.07) is 6.23. The Morgan fingerprint density at radius 3 is 2.57 bits per heavy atom. The predicted molar refractivity (Wildman–Crippen MR) is 83.6 cm³/mol. The molecule has 0 amide bonds. The van der Waals surface area contributed by atoms with Gasteiger partial charge in [-0.15, -0.1) is 0 Å². The van der Waals surface area contributed by atoms with Gasteiger partial charge in [0.25, 0.3) is 0 Å². The number of hydrogen-bond donors (Lipinski definition) is 1. The molecule has 0 radical (unpaired) electrons. The molecule has 5 heteroatoms. The number of sulfonamides is 1. The highest BCUT2D eigenvalue weighted by atomic mass is 32.2. The van der Waals surface area contributed by atoms with Crippen molar-refractivity contribution >= 4 is 10.0 Å². The molecule has 0 aromatic heterocycles. The lowest BCUT2D eigenvalue weighted by molar-refractivity contribution is 0.452. The van der Waals surface area contributed by atoms with Crippen LogP contribution in [0.3, 0.4) is 0 Å². The fourth-order valence-corrected chi connectivity index (χ4v) is 4.11. The molecule has 4 nitrogen and oxygen atoms in total. The third-order valence-electron chi connectivity index (χ3n) is 4.46. The Morgan fingerprint density at radius 1 is 1.24 bits per heavy atom. The van der Waals surface area contributed by atoms with Gasteiger partial charge < -0.3 is 5.32 Å². The van der Waals surface area contributed by atoms with E-state index in [9.17, 15) is 8.42 Å². The molecule has 2 saturated carbocycles. The van der Waals surface area contributed by atoms with Gasteiger partial charge in [0.1, 0.15) is 0 Å². The first-order chi connectivity index (χ1) is 9.98. The summed E-state index contributed by atoms with van der Waals surface area (Å²) in [7, 11) is -1.67. The molecule has 0 bridgehead atoms. The summed E-state index contributed by atoms with van der Waals surface area (Å²) in [5.74, 6) is 0.560. The Balaban J connectivity index is 1.80. The standard InChI is InChI=1S/C16H24N2O2S/c1-12-14(10-17-15-8-9-15)4-3-5-16(12)21(19,20)18(2)11-13-6-7-13/h3-5,13,15,17H,6-11H2,1-2H3. The highest BCUT2D eigenvalue weighted by Gasteiger charge is 2.30. The molecule has 1 aromatic rings. The monoisotopic (exact) mass is 308 g/mol. The van der Waals surface area contributed by atoms with E-state index >= 15 is 0 Å². The summed E-state index contributed by atoms with van der Waals surface area (Å²) in [6.07, 6.45) is 4.79. The minimum absolute atomic E-state index is 0.459. The maximum absolute atomic E-state index is 12.7. The van der Waals surface area contributed by atoms with Crippen LogP contribution in [0, 0.1) is 12.8 Å². The van der Waals surface area contributed by atoms with Crippen LogP contribution in [0.1, 0.15) is 36.8 Å². The second-order valence-electron chi connectivity index (χ2n) is 6.42. The average molecular weight is 308 g/mol. The fraction of sp³-hybridized carbons (Fsp3) is 0.625. The smallest absolute Gasteiger partial charge is 0.243 e. The Morgan fingerprint density at radius 2 is 1.95 bits per heavy atom. The number of nitrogens with one attached hydrogen (secondary N) is 1. The van der Waals surface area contributed by atoms with Crippen molar-refractivity contribution in [2.45, 2.75) is 50.1 Å². The number of hydrogen-bond acceptors (Lipinski definition) is 3. The zero-order valence-corrected chi connectivity index (χ0v) is 13.6. The zero-order valence-electron chi connectivity index (χ0n) is 12.8. The normalized spacial score (nSPS) is 19.2. The molecule has 2 fully saturated rings. The van der Waals surface area contributed by atoms with E-state index < -0.39 is 10.0 Å². The third-order valence-corrected chi connectivity index (χ3v) is 6.42. The molecule has 0 heterocycles. The van der Waals surface area contributed by atoms with Crippen LogP contribution in [0.5, 0.6) is 0 Å². The summed E-state index contributed by atoms with van der Waals surface area (Å²) >= 11 is 0. The van der Waals surface area contributed by atoms with Crippen LogP contribution in [0.4, 0.5) is 0 Å².